The maximum absolute atomic E-state index is 14.3. The van der Waals surface area contributed by atoms with Gasteiger partial charge in [-0.2, -0.15) is 0 Å². The van der Waals surface area contributed by atoms with Gasteiger partial charge in [0.2, 0.25) is 0 Å². The standard InChI is InChI=1S/C18H18FNOS.C2H2O4/c19-15-4-2-1-3-14(15)17(18(21)12-5-6-12)20-9-7-16-13(11-20)8-10-22-16;3-1(4)2(5)6/h1-4,8,10,12,17H,5-7,9,11H2;(H,3,4)(H,5,6). The van der Waals surface area contributed by atoms with Gasteiger partial charge in [0.15, 0.2) is 5.78 Å². The van der Waals surface area contributed by atoms with Gasteiger partial charge in [0.25, 0.3) is 0 Å². The van der Waals surface area contributed by atoms with Gasteiger partial charge in [-0.05, 0) is 42.3 Å². The molecule has 0 spiro atoms. The third-order valence-corrected chi connectivity index (χ3v) is 5.86. The lowest BCUT2D eigenvalue weighted by Gasteiger charge is -2.34. The molecule has 2 N–H and O–H groups in total. The summed E-state index contributed by atoms with van der Waals surface area (Å²) in [6, 6.07) is 8.44. The van der Waals surface area contributed by atoms with Crippen molar-refractivity contribution in [3.8, 4) is 0 Å². The first kappa shape index (κ1) is 20.2. The Morgan fingerprint density at radius 3 is 2.39 bits per heavy atom. The Kier molecular flexibility index (Phi) is 6.21. The van der Waals surface area contributed by atoms with Crippen LogP contribution in [0.25, 0.3) is 0 Å². The number of halogens is 1. The zero-order valence-electron chi connectivity index (χ0n) is 15.0. The number of rotatable bonds is 4. The zero-order valence-corrected chi connectivity index (χ0v) is 15.8. The van der Waals surface area contributed by atoms with E-state index >= 15 is 0 Å². The number of thiophene rings is 1. The molecule has 0 radical (unpaired) electrons. The number of carbonyl (C=O) groups excluding carboxylic acids is 1. The van der Waals surface area contributed by atoms with Gasteiger partial charge in [-0.15, -0.1) is 11.3 Å². The van der Waals surface area contributed by atoms with E-state index in [1.54, 1.807) is 23.5 Å². The predicted octanol–water partition coefficient (Wildman–Crippen LogP) is 3.12. The van der Waals surface area contributed by atoms with Crippen LogP contribution in [0, 0.1) is 11.7 Å². The lowest BCUT2D eigenvalue weighted by atomic mass is 9.95. The fourth-order valence-electron chi connectivity index (χ4n) is 3.31. The Labute approximate surface area is 165 Å². The summed E-state index contributed by atoms with van der Waals surface area (Å²) in [6.45, 7) is 1.57. The van der Waals surface area contributed by atoms with Crippen LogP contribution in [-0.4, -0.2) is 39.4 Å². The molecule has 2 aliphatic rings. The molecule has 1 aliphatic carbocycles. The Bertz CT molecular complexity index is 880. The molecule has 4 rings (SSSR count). The van der Waals surface area contributed by atoms with Crippen LogP contribution in [0.1, 0.15) is 34.9 Å². The summed E-state index contributed by atoms with van der Waals surface area (Å²) < 4.78 is 14.3. The number of hydrogen-bond acceptors (Lipinski definition) is 5. The van der Waals surface area contributed by atoms with E-state index in [1.165, 1.54) is 16.5 Å². The first-order valence-corrected chi connectivity index (χ1v) is 9.80. The van der Waals surface area contributed by atoms with Gasteiger partial charge in [-0.25, -0.2) is 14.0 Å². The van der Waals surface area contributed by atoms with E-state index < -0.39 is 18.0 Å². The number of hydrogen-bond donors (Lipinski definition) is 2. The molecule has 0 saturated heterocycles. The maximum Gasteiger partial charge on any atom is 0.414 e. The highest BCUT2D eigenvalue weighted by atomic mass is 32.1. The normalized spacial score (nSPS) is 17.0. The van der Waals surface area contributed by atoms with Crippen LogP contribution < -0.4 is 0 Å². The van der Waals surface area contributed by atoms with Gasteiger partial charge in [0.1, 0.15) is 5.82 Å². The van der Waals surface area contributed by atoms with Crippen molar-refractivity contribution in [3.05, 3.63) is 57.5 Å². The van der Waals surface area contributed by atoms with Crippen LogP contribution in [0.15, 0.2) is 35.7 Å². The largest absolute Gasteiger partial charge is 0.473 e. The smallest absolute Gasteiger partial charge is 0.414 e. The summed E-state index contributed by atoms with van der Waals surface area (Å²) in [6.07, 6.45) is 2.87. The molecule has 1 aromatic carbocycles. The molecule has 1 atom stereocenters. The molecule has 148 valence electrons. The lowest BCUT2D eigenvalue weighted by Crippen LogP contribution is -2.38. The van der Waals surface area contributed by atoms with Crippen LogP contribution in [0.4, 0.5) is 4.39 Å². The van der Waals surface area contributed by atoms with Gasteiger partial charge < -0.3 is 10.2 Å². The van der Waals surface area contributed by atoms with Crippen molar-refractivity contribution in [1.29, 1.82) is 0 Å². The van der Waals surface area contributed by atoms with Crippen molar-refractivity contribution in [1.82, 2.24) is 4.90 Å². The highest BCUT2D eigenvalue weighted by Crippen LogP contribution is 2.39. The average Bonchev–Trinajstić information content (AvgIpc) is 3.41. The zero-order chi connectivity index (χ0) is 20.3. The number of aliphatic carboxylic acids is 2. The second-order valence-electron chi connectivity index (χ2n) is 6.80. The number of ketones is 1. The lowest BCUT2D eigenvalue weighted by molar-refractivity contribution is -0.159. The molecule has 0 bridgehead atoms. The third-order valence-electron chi connectivity index (χ3n) is 4.83. The Morgan fingerprint density at radius 1 is 1.11 bits per heavy atom. The number of carbonyl (C=O) groups is 3. The Hall–Kier alpha value is -2.58. The van der Waals surface area contributed by atoms with Crippen molar-refractivity contribution < 1.29 is 29.0 Å². The fraction of sp³-hybridized carbons (Fsp3) is 0.350. The first-order valence-electron chi connectivity index (χ1n) is 8.92. The molecule has 2 aromatic rings. The molecular formula is C20H20FNO5S. The number of benzene rings is 1. The molecule has 1 saturated carbocycles. The SMILES string of the molecule is O=C(C1CC1)C(c1ccccc1F)N1CCc2sccc2C1.O=C(O)C(=O)O. The van der Waals surface area contributed by atoms with E-state index in [-0.39, 0.29) is 17.5 Å². The average molecular weight is 405 g/mol. The molecule has 28 heavy (non-hydrogen) atoms. The number of Topliss-reactive ketones (excluding diaryl/α,β-unsaturated/α-hetero) is 1. The molecule has 6 nitrogen and oxygen atoms in total. The van der Waals surface area contributed by atoms with E-state index in [1.807, 2.05) is 6.07 Å². The van der Waals surface area contributed by atoms with Crippen molar-refractivity contribution in [2.24, 2.45) is 5.92 Å². The minimum atomic E-state index is -1.82. The van der Waals surface area contributed by atoms with E-state index in [0.717, 1.165) is 32.4 Å². The molecule has 8 heteroatoms. The summed E-state index contributed by atoms with van der Waals surface area (Å²) >= 11 is 1.78. The van der Waals surface area contributed by atoms with Gasteiger partial charge in [-0.3, -0.25) is 9.69 Å². The van der Waals surface area contributed by atoms with E-state index in [4.69, 9.17) is 19.8 Å². The van der Waals surface area contributed by atoms with Gasteiger partial charge >= 0.3 is 11.9 Å². The summed E-state index contributed by atoms with van der Waals surface area (Å²) in [5.74, 6) is -3.58. The minimum absolute atomic E-state index is 0.133. The quantitative estimate of drug-likeness (QED) is 0.759. The van der Waals surface area contributed by atoms with Crippen LogP contribution >= 0.6 is 11.3 Å². The Morgan fingerprint density at radius 2 is 1.79 bits per heavy atom. The second-order valence-corrected chi connectivity index (χ2v) is 7.80. The monoisotopic (exact) mass is 405 g/mol. The van der Waals surface area contributed by atoms with Gasteiger partial charge in [0, 0.05) is 29.4 Å². The number of fused-ring (bicyclic) bond motifs is 1. The topological polar surface area (TPSA) is 94.9 Å². The van der Waals surface area contributed by atoms with Gasteiger partial charge in [-0.1, -0.05) is 18.2 Å². The van der Waals surface area contributed by atoms with Crippen LogP contribution in [0.2, 0.25) is 0 Å². The van der Waals surface area contributed by atoms with Gasteiger partial charge in [0.05, 0.1) is 6.04 Å². The van der Waals surface area contributed by atoms with E-state index in [9.17, 15) is 9.18 Å². The third kappa shape index (κ3) is 4.63. The fourth-order valence-corrected chi connectivity index (χ4v) is 4.20. The van der Waals surface area contributed by atoms with E-state index in [0.29, 0.717) is 5.56 Å². The highest BCUT2D eigenvalue weighted by Gasteiger charge is 2.40. The maximum atomic E-state index is 14.3. The molecule has 1 aliphatic heterocycles. The predicted molar refractivity (Wildman–Crippen MR) is 101 cm³/mol. The molecule has 2 heterocycles. The van der Waals surface area contributed by atoms with Crippen molar-refractivity contribution >= 4 is 29.1 Å². The highest BCUT2D eigenvalue weighted by molar-refractivity contribution is 7.10. The molecule has 1 unspecified atom stereocenters. The molecule has 1 fully saturated rings. The molecule has 1 aromatic heterocycles. The van der Waals surface area contributed by atoms with E-state index in [2.05, 4.69) is 16.3 Å². The minimum Gasteiger partial charge on any atom is -0.473 e. The number of carboxylic acid groups (broad SMARTS) is 2. The molecular weight excluding hydrogens is 385 g/mol. The van der Waals surface area contributed by atoms with Crippen LogP contribution in [-0.2, 0) is 27.3 Å². The number of nitrogens with zero attached hydrogens (tertiary/aromatic N) is 1. The summed E-state index contributed by atoms with van der Waals surface area (Å²) in [4.78, 5) is 34.6. The second kappa shape index (κ2) is 8.62. The van der Waals surface area contributed by atoms with Crippen LogP contribution in [0.3, 0.4) is 0 Å². The van der Waals surface area contributed by atoms with Crippen LogP contribution in [0.5, 0.6) is 0 Å². The summed E-state index contributed by atoms with van der Waals surface area (Å²) in [5.41, 5.74) is 1.83. The van der Waals surface area contributed by atoms with Crippen molar-refractivity contribution in [3.63, 3.8) is 0 Å². The van der Waals surface area contributed by atoms with Crippen molar-refractivity contribution in [2.45, 2.75) is 31.8 Å². The summed E-state index contributed by atoms with van der Waals surface area (Å²) in [7, 11) is 0. The first-order chi connectivity index (χ1) is 13.4. The number of carboxylic acids is 2. The van der Waals surface area contributed by atoms with Crippen molar-refractivity contribution in [2.75, 3.05) is 6.54 Å². The molecule has 0 amide bonds. The summed E-state index contributed by atoms with van der Waals surface area (Å²) in [5, 5.41) is 16.9. The Balaban J connectivity index is 0.000000330.